The van der Waals surface area contributed by atoms with Crippen LogP contribution >= 0.6 is 0 Å². The van der Waals surface area contributed by atoms with E-state index in [1.165, 1.54) is 31.8 Å². The number of sulfonamides is 1. The first-order valence-corrected chi connectivity index (χ1v) is 6.15. The first-order chi connectivity index (χ1) is 6.55. The molecule has 1 saturated carbocycles. The summed E-state index contributed by atoms with van der Waals surface area (Å²) in [5.41, 5.74) is 0. The van der Waals surface area contributed by atoms with Crippen LogP contribution in [0.1, 0.15) is 19.3 Å². The number of nitrogens with two attached hydrogens (primary N) is 1. The quantitative estimate of drug-likeness (QED) is 0.789. The van der Waals surface area contributed by atoms with Crippen LogP contribution in [0.4, 0.5) is 0 Å². The molecular weight excluding hydrogens is 202 g/mol. The number of primary sulfonamides is 1. The molecule has 0 bridgehead atoms. The summed E-state index contributed by atoms with van der Waals surface area (Å²) < 4.78 is 23.6. The molecule has 1 aliphatic rings. The third-order valence-corrected chi connectivity index (χ3v) is 3.39. The molecule has 1 heterocycles. The third-order valence-electron chi connectivity index (χ3n) is 2.59. The van der Waals surface area contributed by atoms with E-state index in [0.717, 1.165) is 6.54 Å². The molecule has 6 heteroatoms. The Morgan fingerprint density at radius 3 is 2.71 bits per heavy atom. The zero-order chi connectivity index (χ0) is 10.2. The molecule has 0 radical (unpaired) electrons. The van der Waals surface area contributed by atoms with Gasteiger partial charge in [0.15, 0.2) is 5.03 Å². The second kappa shape index (κ2) is 3.36. The molecule has 2 N–H and O–H groups in total. The first-order valence-electron chi connectivity index (χ1n) is 4.60. The van der Waals surface area contributed by atoms with Gasteiger partial charge < -0.3 is 4.57 Å². The Balaban J connectivity index is 2.09. The van der Waals surface area contributed by atoms with E-state index in [1.54, 1.807) is 4.57 Å². The summed E-state index contributed by atoms with van der Waals surface area (Å²) in [5, 5.41) is 4.90. The molecule has 78 valence electrons. The van der Waals surface area contributed by atoms with Crippen LogP contribution in [0.25, 0.3) is 0 Å². The number of hydrogen-bond donors (Lipinski definition) is 1. The van der Waals surface area contributed by atoms with Crippen LogP contribution in [0.5, 0.6) is 0 Å². The van der Waals surface area contributed by atoms with E-state index >= 15 is 0 Å². The Morgan fingerprint density at radius 1 is 1.57 bits per heavy atom. The second-order valence-electron chi connectivity index (χ2n) is 3.75. The molecule has 5 nitrogen and oxygen atoms in total. The van der Waals surface area contributed by atoms with Crippen molar-refractivity contribution in [3.05, 3.63) is 12.5 Å². The van der Waals surface area contributed by atoms with Gasteiger partial charge in [0.2, 0.25) is 0 Å². The fourth-order valence-electron chi connectivity index (χ4n) is 1.56. The Kier molecular flexibility index (Phi) is 2.32. The number of imidazole rings is 1. The van der Waals surface area contributed by atoms with Gasteiger partial charge in [-0.05, 0) is 18.8 Å². The average molecular weight is 215 g/mol. The van der Waals surface area contributed by atoms with Crippen molar-refractivity contribution in [2.24, 2.45) is 11.1 Å². The third kappa shape index (κ3) is 1.96. The van der Waals surface area contributed by atoms with Crippen LogP contribution < -0.4 is 5.14 Å². The maximum absolute atomic E-state index is 10.9. The fraction of sp³-hybridized carbons (Fsp3) is 0.625. The Hall–Kier alpha value is -0.880. The topological polar surface area (TPSA) is 78.0 Å². The van der Waals surface area contributed by atoms with Crippen LogP contribution in [-0.4, -0.2) is 18.0 Å². The van der Waals surface area contributed by atoms with E-state index in [1.807, 2.05) is 0 Å². The predicted molar refractivity (Wildman–Crippen MR) is 50.9 cm³/mol. The van der Waals surface area contributed by atoms with Crippen LogP contribution in [0, 0.1) is 5.92 Å². The lowest BCUT2D eigenvalue weighted by Gasteiger charge is -2.25. The molecule has 0 aliphatic heterocycles. The smallest absolute Gasteiger partial charge is 0.257 e. The minimum absolute atomic E-state index is 0.0446. The fourth-order valence-corrected chi connectivity index (χ4v) is 2.04. The van der Waals surface area contributed by atoms with Gasteiger partial charge in [0, 0.05) is 12.7 Å². The summed E-state index contributed by atoms with van der Waals surface area (Å²) in [6, 6.07) is 0. The van der Waals surface area contributed by atoms with Crippen molar-refractivity contribution in [1.82, 2.24) is 9.55 Å². The normalized spacial score (nSPS) is 18.1. The van der Waals surface area contributed by atoms with E-state index in [-0.39, 0.29) is 5.03 Å². The summed E-state index contributed by atoms with van der Waals surface area (Å²) in [6.45, 7) is 0.850. The van der Waals surface area contributed by atoms with Gasteiger partial charge in [-0.25, -0.2) is 18.5 Å². The van der Waals surface area contributed by atoms with Gasteiger partial charge in [-0.2, -0.15) is 0 Å². The Labute approximate surface area is 83.0 Å². The minimum Gasteiger partial charge on any atom is -0.336 e. The maximum atomic E-state index is 10.9. The lowest BCUT2D eigenvalue weighted by Crippen LogP contribution is -2.17. The van der Waals surface area contributed by atoms with Crippen LogP contribution in [0.2, 0.25) is 0 Å². The number of rotatable bonds is 3. The molecule has 0 aromatic carbocycles. The summed E-state index contributed by atoms with van der Waals surface area (Å²) in [6.07, 6.45) is 6.75. The minimum atomic E-state index is -3.64. The molecular formula is C8H13N3O2S. The van der Waals surface area contributed by atoms with E-state index in [0.29, 0.717) is 5.92 Å². The molecule has 0 unspecified atom stereocenters. The molecule has 1 aromatic rings. The van der Waals surface area contributed by atoms with Crippen molar-refractivity contribution < 1.29 is 8.42 Å². The second-order valence-corrected chi connectivity index (χ2v) is 5.26. The standard InChI is InChI=1S/C8H13N3O2S/c9-14(12,13)8-5-11(6-10-8)4-7-2-1-3-7/h5-7H,1-4H2,(H2,9,12,13). The van der Waals surface area contributed by atoms with E-state index in [9.17, 15) is 8.42 Å². The first kappa shape index (κ1) is 9.67. The van der Waals surface area contributed by atoms with Crippen LogP contribution in [-0.2, 0) is 16.6 Å². The highest BCUT2D eigenvalue weighted by Crippen LogP contribution is 2.27. The van der Waals surface area contributed by atoms with Gasteiger partial charge in [-0.15, -0.1) is 0 Å². The number of aromatic nitrogens is 2. The molecule has 2 rings (SSSR count). The highest BCUT2D eigenvalue weighted by Gasteiger charge is 2.19. The highest BCUT2D eigenvalue weighted by molar-refractivity contribution is 7.89. The van der Waals surface area contributed by atoms with E-state index in [2.05, 4.69) is 4.98 Å². The highest BCUT2D eigenvalue weighted by atomic mass is 32.2. The summed E-state index contributed by atoms with van der Waals surface area (Å²) in [5.74, 6) is 0.678. The SMILES string of the molecule is NS(=O)(=O)c1cn(CC2CCC2)cn1. The lowest BCUT2D eigenvalue weighted by molar-refractivity contribution is 0.276. The summed E-state index contributed by atoms with van der Waals surface area (Å²) >= 11 is 0. The Bertz CT molecular complexity index is 420. The summed E-state index contributed by atoms with van der Waals surface area (Å²) in [7, 11) is -3.64. The molecule has 1 aromatic heterocycles. The van der Waals surface area contributed by atoms with Crippen molar-refractivity contribution in [2.75, 3.05) is 0 Å². The number of nitrogens with zero attached hydrogens (tertiary/aromatic N) is 2. The molecule has 14 heavy (non-hydrogen) atoms. The van der Waals surface area contributed by atoms with Gasteiger partial charge >= 0.3 is 0 Å². The van der Waals surface area contributed by atoms with Gasteiger partial charge in [0.25, 0.3) is 10.0 Å². The monoisotopic (exact) mass is 215 g/mol. The van der Waals surface area contributed by atoms with Gasteiger partial charge in [-0.1, -0.05) is 6.42 Å². The van der Waals surface area contributed by atoms with Crippen molar-refractivity contribution >= 4 is 10.0 Å². The molecule has 0 amide bonds. The van der Waals surface area contributed by atoms with Crippen molar-refractivity contribution in [3.63, 3.8) is 0 Å². The molecule has 1 aliphatic carbocycles. The average Bonchev–Trinajstić information content (AvgIpc) is 2.43. The number of hydrogen-bond acceptors (Lipinski definition) is 3. The van der Waals surface area contributed by atoms with Gasteiger partial charge in [0.05, 0.1) is 6.33 Å². The largest absolute Gasteiger partial charge is 0.336 e. The predicted octanol–water partition coefficient (Wildman–Crippen LogP) is 0.331. The zero-order valence-electron chi connectivity index (χ0n) is 7.76. The molecule has 1 fully saturated rings. The van der Waals surface area contributed by atoms with E-state index < -0.39 is 10.0 Å². The molecule has 0 saturated heterocycles. The van der Waals surface area contributed by atoms with Crippen molar-refractivity contribution in [3.8, 4) is 0 Å². The lowest BCUT2D eigenvalue weighted by atomic mass is 9.85. The van der Waals surface area contributed by atoms with Gasteiger partial charge in [0.1, 0.15) is 0 Å². The maximum Gasteiger partial charge on any atom is 0.257 e. The van der Waals surface area contributed by atoms with Crippen molar-refractivity contribution in [1.29, 1.82) is 0 Å². The Morgan fingerprint density at radius 2 is 2.29 bits per heavy atom. The van der Waals surface area contributed by atoms with Crippen molar-refractivity contribution in [2.45, 2.75) is 30.8 Å². The summed E-state index contributed by atoms with van der Waals surface area (Å²) in [4.78, 5) is 3.75. The van der Waals surface area contributed by atoms with E-state index in [4.69, 9.17) is 5.14 Å². The zero-order valence-corrected chi connectivity index (χ0v) is 8.57. The molecule has 0 spiro atoms. The molecule has 0 atom stereocenters. The van der Waals surface area contributed by atoms with Gasteiger partial charge in [-0.3, -0.25) is 0 Å². The van der Waals surface area contributed by atoms with Crippen LogP contribution in [0.3, 0.4) is 0 Å². The van der Waals surface area contributed by atoms with Crippen LogP contribution in [0.15, 0.2) is 17.6 Å².